The van der Waals surface area contributed by atoms with Gasteiger partial charge in [-0.15, -0.1) is 0 Å². The number of ether oxygens (including phenoxy) is 1. The van der Waals surface area contributed by atoms with Gasteiger partial charge < -0.3 is 4.74 Å². The van der Waals surface area contributed by atoms with Gasteiger partial charge in [-0.25, -0.2) is 0 Å². The molecule has 2 aliphatic rings. The predicted octanol–water partition coefficient (Wildman–Crippen LogP) is 0.754. The number of Topliss-reactive ketones (excluding diaryl/α,β-unsaturated/α-hetero) is 1. The zero-order valence-electron chi connectivity index (χ0n) is 5.30. The molecule has 1 heterocycles. The van der Waals surface area contributed by atoms with Gasteiger partial charge in [-0.2, -0.15) is 0 Å². The van der Waals surface area contributed by atoms with Crippen molar-refractivity contribution in [3.63, 3.8) is 0 Å². The van der Waals surface area contributed by atoms with Crippen molar-refractivity contribution in [2.75, 3.05) is 6.61 Å². The summed E-state index contributed by atoms with van der Waals surface area (Å²) in [5, 5.41) is 0. The Hall–Kier alpha value is -0.370. The van der Waals surface area contributed by atoms with E-state index in [4.69, 9.17) is 4.74 Å². The normalized spacial score (nSPS) is 41.6. The number of carbonyl (C=O) groups excluding carboxylic acids is 1. The van der Waals surface area contributed by atoms with Crippen LogP contribution in [0.15, 0.2) is 0 Å². The molecule has 0 aromatic heterocycles. The van der Waals surface area contributed by atoms with Gasteiger partial charge in [-0.1, -0.05) is 0 Å². The summed E-state index contributed by atoms with van der Waals surface area (Å²) in [7, 11) is 0. The molecule has 2 unspecified atom stereocenters. The van der Waals surface area contributed by atoms with E-state index in [9.17, 15) is 4.79 Å². The topological polar surface area (TPSA) is 26.3 Å². The van der Waals surface area contributed by atoms with E-state index in [-0.39, 0.29) is 5.92 Å². The third-order valence-corrected chi connectivity index (χ3v) is 2.30. The summed E-state index contributed by atoms with van der Waals surface area (Å²) in [6.45, 7) is 0.807. The Bertz CT molecular complexity index is 142. The van der Waals surface area contributed by atoms with Crippen LogP contribution in [-0.4, -0.2) is 18.5 Å². The summed E-state index contributed by atoms with van der Waals surface area (Å²) in [5.74, 6) is 0.711. The van der Waals surface area contributed by atoms with Gasteiger partial charge >= 0.3 is 0 Å². The Morgan fingerprint density at radius 1 is 1.44 bits per heavy atom. The first-order valence-electron chi connectivity index (χ1n) is 3.52. The van der Waals surface area contributed by atoms with E-state index in [2.05, 4.69) is 0 Å². The summed E-state index contributed by atoms with van der Waals surface area (Å²) >= 11 is 0. The van der Waals surface area contributed by atoms with E-state index in [1.54, 1.807) is 0 Å². The average molecular weight is 126 g/mol. The van der Waals surface area contributed by atoms with Gasteiger partial charge in [0, 0.05) is 18.9 Å². The third kappa shape index (κ3) is 0.697. The number of hydrogen-bond acceptors (Lipinski definition) is 2. The predicted molar refractivity (Wildman–Crippen MR) is 32.1 cm³/mol. The molecule has 2 rings (SSSR count). The molecule has 2 heteroatoms. The lowest BCUT2D eigenvalue weighted by Gasteiger charge is -2.02. The maximum atomic E-state index is 11.0. The number of fused-ring (bicyclic) bond motifs is 1. The highest BCUT2D eigenvalue weighted by Gasteiger charge is 2.38. The SMILES string of the molecule is O=C1CCC2OCCC12. The number of hydrogen-bond donors (Lipinski definition) is 0. The molecule has 0 radical (unpaired) electrons. The molecule has 2 atom stereocenters. The van der Waals surface area contributed by atoms with Gasteiger partial charge in [-0.05, 0) is 12.8 Å². The first-order chi connectivity index (χ1) is 4.38. The minimum atomic E-state index is 0.282. The van der Waals surface area contributed by atoms with Gasteiger partial charge in [0.25, 0.3) is 0 Å². The van der Waals surface area contributed by atoms with Crippen molar-refractivity contribution in [1.29, 1.82) is 0 Å². The van der Waals surface area contributed by atoms with Crippen molar-refractivity contribution in [2.24, 2.45) is 5.92 Å². The molecule has 0 aromatic rings. The molecule has 0 aromatic carbocycles. The number of rotatable bonds is 0. The fraction of sp³-hybridized carbons (Fsp3) is 0.857. The minimum absolute atomic E-state index is 0.282. The maximum absolute atomic E-state index is 11.0. The van der Waals surface area contributed by atoms with Crippen molar-refractivity contribution in [3.8, 4) is 0 Å². The Morgan fingerprint density at radius 3 is 3.11 bits per heavy atom. The summed E-state index contributed by atoms with van der Waals surface area (Å²) in [5.41, 5.74) is 0. The average Bonchev–Trinajstić information content (AvgIpc) is 2.35. The van der Waals surface area contributed by atoms with Crippen LogP contribution >= 0.6 is 0 Å². The second-order valence-electron chi connectivity index (χ2n) is 2.81. The molecule has 2 fully saturated rings. The minimum Gasteiger partial charge on any atom is -0.377 e. The van der Waals surface area contributed by atoms with Crippen molar-refractivity contribution < 1.29 is 9.53 Å². The van der Waals surface area contributed by atoms with E-state index in [1.807, 2.05) is 0 Å². The first kappa shape index (κ1) is 5.42. The van der Waals surface area contributed by atoms with Crippen LogP contribution in [0.3, 0.4) is 0 Å². The zero-order chi connectivity index (χ0) is 6.27. The van der Waals surface area contributed by atoms with Gasteiger partial charge in [0.05, 0.1) is 6.10 Å². The number of carbonyl (C=O) groups is 1. The molecule has 1 saturated heterocycles. The molecule has 1 aliphatic carbocycles. The largest absolute Gasteiger partial charge is 0.377 e. The molecular formula is C7H10O2. The van der Waals surface area contributed by atoms with Crippen LogP contribution in [0.25, 0.3) is 0 Å². The van der Waals surface area contributed by atoms with Gasteiger partial charge in [0.1, 0.15) is 5.78 Å². The van der Waals surface area contributed by atoms with Crippen LogP contribution in [0.1, 0.15) is 19.3 Å². The van der Waals surface area contributed by atoms with Crippen LogP contribution in [0.5, 0.6) is 0 Å². The van der Waals surface area contributed by atoms with Crippen LogP contribution in [0, 0.1) is 5.92 Å². The van der Waals surface area contributed by atoms with Crippen LogP contribution in [0.4, 0.5) is 0 Å². The lowest BCUT2D eigenvalue weighted by Crippen LogP contribution is -2.12. The Labute approximate surface area is 54.2 Å². The standard InChI is InChI=1S/C7H10O2/c8-6-1-2-7-5(6)3-4-9-7/h5,7H,1-4H2. The van der Waals surface area contributed by atoms with Crippen LogP contribution < -0.4 is 0 Å². The molecule has 0 spiro atoms. The Kier molecular flexibility index (Phi) is 1.09. The molecule has 50 valence electrons. The van der Waals surface area contributed by atoms with E-state index in [1.165, 1.54) is 0 Å². The second-order valence-corrected chi connectivity index (χ2v) is 2.81. The maximum Gasteiger partial charge on any atom is 0.138 e. The molecule has 2 nitrogen and oxygen atoms in total. The van der Waals surface area contributed by atoms with E-state index in [0.29, 0.717) is 11.9 Å². The highest BCUT2D eigenvalue weighted by atomic mass is 16.5. The van der Waals surface area contributed by atoms with Crippen molar-refractivity contribution >= 4 is 5.78 Å². The lowest BCUT2D eigenvalue weighted by molar-refractivity contribution is -0.120. The van der Waals surface area contributed by atoms with E-state index in [0.717, 1.165) is 25.9 Å². The van der Waals surface area contributed by atoms with Crippen molar-refractivity contribution in [2.45, 2.75) is 25.4 Å². The van der Waals surface area contributed by atoms with E-state index < -0.39 is 0 Å². The fourth-order valence-corrected chi connectivity index (χ4v) is 1.77. The monoisotopic (exact) mass is 126 g/mol. The first-order valence-corrected chi connectivity index (χ1v) is 3.52. The molecule has 9 heavy (non-hydrogen) atoms. The van der Waals surface area contributed by atoms with Crippen molar-refractivity contribution in [3.05, 3.63) is 0 Å². The van der Waals surface area contributed by atoms with Crippen molar-refractivity contribution in [1.82, 2.24) is 0 Å². The molecule has 1 aliphatic heterocycles. The quantitative estimate of drug-likeness (QED) is 0.479. The third-order valence-electron chi connectivity index (χ3n) is 2.30. The van der Waals surface area contributed by atoms with Crippen LogP contribution in [0.2, 0.25) is 0 Å². The molecular weight excluding hydrogens is 116 g/mol. The molecule has 0 bridgehead atoms. The molecule has 0 amide bonds. The summed E-state index contributed by atoms with van der Waals surface area (Å²) in [6, 6.07) is 0. The zero-order valence-corrected chi connectivity index (χ0v) is 5.30. The molecule has 1 saturated carbocycles. The Morgan fingerprint density at radius 2 is 2.33 bits per heavy atom. The smallest absolute Gasteiger partial charge is 0.138 e. The lowest BCUT2D eigenvalue weighted by atomic mass is 10.0. The summed E-state index contributed by atoms with van der Waals surface area (Å²) in [6.07, 6.45) is 3.01. The van der Waals surface area contributed by atoms with Gasteiger partial charge in [0.2, 0.25) is 0 Å². The summed E-state index contributed by atoms with van der Waals surface area (Å²) < 4.78 is 5.33. The fourth-order valence-electron chi connectivity index (χ4n) is 1.77. The van der Waals surface area contributed by atoms with Crippen LogP contribution in [-0.2, 0) is 9.53 Å². The van der Waals surface area contributed by atoms with Gasteiger partial charge in [0.15, 0.2) is 0 Å². The Balaban J connectivity index is 2.15. The van der Waals surface area contributed by atoms with E-state index >= 15 is 0 Å². The second kappa shape index (κ2) is 1.81. The number of ketones is 1. The summed E-state index contributed by atoms with van der Waals surface area (Å²) in [4.78, 5) is 11.0. The molecule has 0 N–H and O–H groups in total. The highest BCUT2D eigenvalue weighted by Crippen LogP contribution is 2.32. The highest BCUT2D eigenvalue weighted by molar-refractivity contribution is 5.84. The van der Waals surface area contributed by atoms with Gasteiger partial charge in [-0.3, -0.25) is 4.79 Å².